The van der Waals surface area contributed by atoms with Crippen LogP contribution in [0.25, 0.3) is 11.3 Å². The van der Waals surface area contributed by atoms with Gasteiger partial charge in [0.05, 0.1) is 47.4 Å². The van der Waals surface area contributed by atoms with Crippen molar-refractivity contribution in [1.82, 2.24) is 40.2 Å². The number of amides is 6. The lowest BCUT2D eigenvalue weighted by Gasteiger charge is -2.30. The van der Waals surface area contributed by atoms with Crippen molar-refractivity contribution in [2.45, 2.75) is 103 Å². The van der Waals surface area contributed by atoms with Crippen molar-refractivity contribution in [1.29, 1.82) is 0 Å². The monoisotopic (exact) mass is 1060 g/mol. The average Bonchev–Trinajstić information content (AvgIpc) is 3.78. The first-order valence-corrected chi connectivity index (χ1v) is 26.5. The van der Waals surface area contributed by atoms with Gasteiger partial charge < -0.3 is 50.6 Å². The van der Waals surface area contributed by atoms with E-state index in [0.29, 0.717) is 56.0 Å². The smallest absolute Gasteiger partial charge is 0.410 e. The van der Waals surface area contributed by atoms with Crippen LogP contribution in [0.3, 0.4) is 0 Å². The SMILES string of the molecule is CC(C)[C@H](NC(=O)[C@@H]1CCCN1C(=O)[C@H](CC(N)=O)NC(=O)CN(C)CCN(C)CCN(C)C(=O)OC(C)(C)C)C(=O)N=[S@@](C)(=O)Cc1cc2cc(c1)O[C@@H](C)CCOc1cc(F)ccc1-c1nc(ncc1F)N2. The lowest BCUT2D eigenvalue weighted by Crippen LogP contribution is -2.57. The Hall–Kier alpha value is -6.53. The number of hydrogen-bond acceptors (Lipinski definition) is 15. The summed E-state index contributed by atoms with van der Waals surface area (Å²) in [5.74, 6) is -5.33. The number of benzene rings is 2. The zero-order chi connectivity index (χ0) is 54.7. The molecule has 5 N–H and O–H groups in total. The number of carbonyl (C=O) groups is 6. The van der Waals surface area contributed by atoms with E-state index < -0.39 is 99.2 Å². The number of nitrogens with zero attached hydrogens (tertiary/aromatic N) is 7. The minimum Gasteiger partial charge on any atom is -0.493 e. The molecule has 3 aromatic rings. The largest absolute Gasteiger partial charge is 0.493 e. The number of likely N-dealkylation sites (N-methyl/N-ethyl adjacent to an activating group) is 3. The first-order valence-electron chi connectivity index (χ1n) is 24.4. The fraction of sp³-hybridized carbons (Fsp3) is 0.560. The molecule has 21 nitrogen and oxygen atoms in total. The molecule has 406 valence electrons. The Morgan fingerprint density at radius 1 is 1.00 bits per heavy atom. The van der Waals surface area contributed by atoms with Crippen molar-refractivity contribution < 1.29 is 56.0 Å². The number of rotatable bonds is 18. The van der Waals surface area contributed by atoms with Gasteiger partial charge in [-0.25, -0.2) is 27.8 Å². The van der Waals surface area contributed by atoms with E-state index in [1.165, 1.54) is 28.2 Å². The molecule has 0 saturated carbocycles. The number of anilines is 2. The van der Waals surface area contributed by atoms with Gasteiger partial charge in [0.15, 0.2) is 5.82 Å². The van der Waals surface area contributed by atoms with Crippen LogP contribution in [0.15, 0.2) is 47.0 Å². The summed E-state index contributed by atoms with van der Waals surface area (Å²) in [5.41, 5.74) is 5.80. The third-order valence-corrected chi connectivity index (χ3v) is 13.3. The lowest BCUT2D eigenvalue weighted by molar-refractivity contribution is -0.143. The van der Waals surface area contributed by atoms with E-state index in [4.69, 9.17) is 19.9 Å². The molecule has 5 atom stereocenters. The van der Waals surface area contributed by atoms with Crippen LogP contribution in [0, 0.1) is 17.6 Å². The second-order valence-electron chi connectivity index (χ2n) is 20.3. The van der Waals surface area contributed by atoms with E-state index >= 15 is 4.39 Å². The summed E-state index contributed by atoms with van der Waals surface area (Å²) in [6, 6.07) is 4.91. The highest BCUT2D eigenvalue weighted by molar-refractivity contribution is 7.92. The van der Waals surface area contributed by atoms with Crippen LogP contribution in [-0.4, -0.2) is 173 Å². The molecule has 6 amide bonds. The molecule has 0 radical (unpaired) electrons. The van der Waals surface area contributed by atoms with Crippen molar-refractivity contribution in [3.05, 3.63) is 59.8 Å². The van der Waals surface area contributed by atoms with Gasteiger partial charge in [0.1, 0.15) is 46.7 Å². The highest BCUT2D eigenvalue weighted by atomic mass is 32.2. The average molecular weight is 1060 g/mol. The van der Waals surface area contributed by atoms with Crippen LogP contribution in [0.1, 0.15) is 72.8 Å². The Morgan fingerprint density at radius 3 is 2.39 bits per heavy atom. The summed E-state index contributed by atoms with van der Waals surface area (Å²) in [6.45, 7) is 12.6. The molecule has 2 aromatic carbocycles. The Morgan fingerprint density at radius 2 is 1.70 bits per heavy atom. The number of fused-ring (bicyclic) bond motifs is 6. The Labute approximate surface area is 431 Å². The van der Waals surface area contributed by atoms with Gasteiger partial charge in [-0.1, -0.05) is 13.8 Å². The summed E-state index contributed by atoms with van der Waals surface area (Å²) in [5, 5.41) is 8.37. The molecule has 0 unspecified atom stereocenters. The van der Waals surface area contributed by atoms with E-state index in [-0.39, 0.29) is 54.8 Å². The van der Waals surface area contributed by atoms with Crippen LogP contribution < -0.4 is 31.2 Å². The molecule has 3 heterocycles. The van der Waals surface area contributed by atoms with Gasteiger partial charge >= 0.3 is 6.09 Å². The van der Waals surface area contributed by atoms with E-state index in [9.17, 15) is 37.4 Å². The fourth-order valence-electron chi connectivity index (χ4n) is 8.09. The number of nitrogens with one attached hydrogen (secondary N) is 3. The molecule has 1 saturated heterocycles. The molecule has 2 aliphatic heterocycles. The van der Waals surface area contributed by atoms with Crippen molar-refractivity contribution in [2.75, 3.05) is 78.6 Å². The third-order valence-electron chi connectivity index (χ3n) is 11.9. The highest BCUT2D eigenvalue weighted by Crippen LogP contribution is 2.34. The molecular weight excluding hydrogens is 985 g/mol. The van der Waals surface area contributed by atoms with Gasteiger partial charge in [0.2, 0.25) is 29.6 Å². The summed E-state index contributed by atoms with van der Waals surface area (Å²) >= 11 is 0. The normalized spacial score (nSPS) is 17.3. The minimum atomic E-state index is -3.36. The maximum absolute atomic E-state index is 15.2. The highest BCUT2D eigenvalue weighted by Gasteiger charge is 2.40. The van der Waals surface area contributed by atoms with Crippen LogP contribution in [0.2, 0.25) is 0 Å². The molecule has 1 aromatic heterocycles. The maximum Gasteiger partial charge on any atom is 0.410 e. The third kappa shape index (κ3) is 17.6. The van der Waals surface area contributed by atoms with E-state index in [1.54, 1.807) is 78.7 Å². The van der Waals surface area contributed by atoms with E-state index in [1.807, 2.05) is 11.9 Å². The van der Waals surface area contributed by atoms with Crippen molar-refractivity contribution >= 4 is 57.0 Å². The van der Waals surface area contributed by atoms with Crippen LogP contribution in [0.5, 0.6) is 11.5 Å². The summed E-state index contributed by atoms with van der Waals surface area (Å²) in [7, 11) is 1.89. The van der Waals surface area contributed by atoms with Gasteiger partial charge in [-0.3, -0.25) is 28.9 Å². The molecule has 2 aliphatic rings. The van der Waals surface area contributed by atoms with Crippen molar-refractivity contribution in [2.24, 2.45) is 16.0 Å². The molecule has 0 spiro atoms. The van der Waals surface area contributed by atoms with Crippen LogP contribution in [-0.2, 0) is 44.2 Å². The number of primary amides is 1. The summed E-state index contributed by atoms with van der Waals surface area (Å²) in [4.78, 5) is 94.6. The number of ether oxygens (including phenoxy) is 3. The van der Waals surface area contributed by atoms with Gasteiger partial charge in [-0.15, -0.1) is 0 Å². The van der Waals surface area contributed by atoms with Gasteiger partial charge in [-0.05, 0) is 90.4 Å². The Bertz CT molecular complexity index is 2660. The second kappa shape index (κ2) is 25.6. The predicted molar refractivity (Wildman–Crippen MR) is 274 cm³/mol. The zero-order valence-electron chi connectivity index (χ0n) is 43.9. The number of nitrogens with two attached hydrogens (primary N) is 1. The lowest BCUT2D eigenvalue weighted by atomic mass is 10.0. The number of aromatic nitrogens is 2. The molecule has 74 heavy (non-hydrogen) atoms. The first-order chi connectivity index (χ1) is 34.7. The Balaban J connectivity index is 1.24. The standard InChI is InChI=1S/C50H71F2N11O10S/c1-30(2)43(57-45(66)39-12-11-16-63(39)47(68)38(26-41(53)64)56-42(65)28-61(8)18-17-60(7)19-20-62(9)49(69)73-50(4,5)6)46(67)59-74(10,70)29-32-22-34-25-35(23-32)72-31(3)15-21-71-40-24-33(51)13-14-36(40)44-37(52)27-54-48(55-34)58-44/h13-14,22-25,27,30-31,38-39,43H,11-12,15-21,26,28-29H2,1-10H3,(H2,53,64)(H,56,65)(H,57,66)(H,54,55,58)/t31-,38-,39-,43-,74-/m0/s1. The number of hydrogen-bond donors (Lipinski definition) is 4. The Kier molecular flexibility index (Phi) is 20.2. The van der Waals surface area contributed by atoms with E-state index in [0.717, 1.165) is 12.3 Å². The van der Waals surface area contributed by atoms with Gasteiger partial charge in [-0.2, -0.15) is 4.36 Å². The first kappa shape index (κ1) is 58.4. The molecule has 24 heteroatoms. The summed E-state index contributed by atoms with van der Waals surface area (Å²) in [6.07, 6.45) is 1.85. The number of halogens is 2. The van der Waals surface area contributed by atoms with Crippen LogP contribution >= 0.6 is 0 Å². The van der Waals surface area contributed by atoms with Crippen molar-refractivity contribution in [3.63, 3.8) is 0 Å². The second-order valence-corrected chi connectivity index (χ2v) is 22.7. The topological polar surface area (TPSA) is 260 Å². The van der Waals surface area contributed by atoms with Crippen molar-refractivity contribution in [3.8, 4) is 22.8 Å². The summed E-state index contributed by atoms with van der Waals surface area (Å²) < 4.78 is 65.2. The van der Waals surface area contributed by atoms with Crippen LogP contribution in [0.4, 0.5) is 25.2 Å². The molecule has 1 fully saturated rings. The fourth-order valence-corrected chi connectivity index (χ4v) is 9.44. The predicted octanol–water partition coefficient (Wildman–Crippen LogP) is 4.06. The quantitative estimate of drug-likeness (QED) is 0.140. The van der Waals surface area contributed by atoms with E-state index in [2.05, 4.69) is 30.3 Å². The number of carbonyl (C=O) groups excluding carboxylic acids is 6. The number of likely N-dealkylation sites (tertiary alicyclic amines) is 1. The van der Waals surface area contributed by atoms with Gasteiger partial charge in [0, 0.05) is 75.8 Å². The molecular formula is C50H71F2N11O10S. The zero-order valence-corrected chi connectivity index (χ0v) is 44.7. The maximum atomic E-state index is 15.2. The molecule has 0 aliphatic carbocycles. The minimum absolute atomic E-state index is 0.0215. The van der Waals surface area contributed by atoms with Gasteiger partial charge in [0.25, 0.3) is 5.91 Å². The molecule has 4 bridgehead atoms. The molecule has 5 rings (SSSR count).